The van der Waals surface area contributed by atoms with Crippen LogP contribution in [-0.2, 0) is 17.6 Å². The third kappa shape index (κ3) is 4.25. The summed E-state index contributed by atoms with van der Waals surface area (Å²) in [6.07, 6.45) is 7.31. The molecule has 4 aromatic rings. The van der Waals surface area contributed by atoms with E-state index in [1.807, 2.05) is 32.0 Å². The predicted molar refractivity (Wildman–Crippen MR) is 137 cm³/mol. The molecule has 34 heavy (non-hydrogen) atoms. The molecule has 0 aliphatic heterocycles. The molecule has 1 aliphatic rings. The van der Waals surface area contributed by atoms with E-state index in [1.165, 1.54) is 16.6 Å². The minimum Gasteiger partial charge on any atom is -0.294 e. The van der Waals surface area contributed by atoms with Crippen molar-refractivity contribution in [2.45, 2.75) is 56.9 Å². The summed E-state index contributed by atoms with van der Waals surface area (Å²) >= 11 is 2.89. The lowest BCUT2D eigenvalue weighted by Crippen LogP contribution is -2.27. The molecule has 7 nitrogen and oxygen atoms in total. The van der Waals surface area contributed by atoms with E-state index in [4.69, 9.17) is 4.98 Å². The molecule has 0 saturated carbocycles. The molecule has 3 aromatic heterocycles. The zero-order valence-corrected chi connectivity index (χ0v) is 20.9. The van der Waals surface area contributed by atoms with Crippen molar-refractivity contribution in [2.75, 3.05) is 5.32 Å². The van der Waals surface area contributed by atoms with Gasteiger partial charge in [-0.1, -0.05) is 23.9 Å². The highest BCUT2D eigenvalue weighted by molar-refractivity contribution is 8.00. The summed E-state index contributed by atoms with van der Waals surface area (Å²) in [5.74, 6) is 0.00439. The molecule has 0 spiro atoms. The molecule has 0 fully saturated rings. The third-order valence-electron chi connectivity index (χ3n) is 6.02. The first-order valence-electron chi connectivity index (χ1n) is 11.3. The summed E-state index contributed by atoms with van der Waals surface area (Å²) in [7, 11) is 0. The van der Waals surface area contributed by atoms with Crippen LogP contribution in [0, 0.1) is 13.8 Å². The molecule has 3 heterocycles. The highest BCUT2D eigenvalue weighted by Gasteiger charge is 2.26. The van der Waals surface area contributed by atoms with Crippen molar-refractivity contribution in [1.29, 1.82) is 0 Å². The number of amides is 1. The molecular weight excluding hydrogens is 466 g/mol. The van der Waals surface area contributed by atoms with Crippen LogP contribution >= 0.6 is 23.1 Å². The monoisotopic (exact) mass is 491 g/mol. The molecule has 1 amide bonds. The van der Waals surface area contributed by atoms with Crippen molar-refractivity contribution in [3.8, 4) is 5.69 Å². The van der Waals surface area contributed by atoms with Crippen LogP contribution in [-0.4, -0.2) is 30.7 Å². The predicted octanol–water partition coefficient (Wildman–Crippen LogP) is 4.85. The van der Waals surface area contributed by atoms with Crippen molar-refractivity contribution in [2.24, 2.45) is 0 Å². The second-order valence-corrected chi connectivity index (χ2v) is 10.9. The van der Waals surface area contributed by atoms with E-state index in [2.05, 4.69) is 15.3 Å². The average Bonchev–Trinajstić information content (AvgIpc) is 3.20. The number of carbonyl (C=O) groups excluding carboxylic acids is 1. The van der Waals surface area contributed by atoms with Gasteiger partial charge in [0.1, 0.15) is 4.83 Å². The van der Waals surface area contributed by atoms with Gasteiger partial charge in [0, 0.05) is 17.3 Å². The fourth-order valence-electron chi connectivity index (χ4n) is 4.23. The SMILES string of the molecule is Cc1ccc(C)c(-n2c(SC(C)C(=O)Nc3ncccn3)nc3sc4c(c3c2=O)CCCC4)c1. The van der Waals surface area contributed by atoms with Gasteiger partial charge in [-0.3, -0.25) is 19.5 Å². The number of thioether (sulfide) groups is 1. The number of nitrogens with zero attached hydrogens (tertiary/aromatic N) is 4. The molecule has 1 atom stereocenters. The smallest absolute Gasteiger partial charge is 0.267 e. The van der Waals surface area contributed by atoms with E-state index in [0.29, 0.717) is 5.16 Å². The first-order valence-corrected chi connectivity index (χ1v) is 13.0. The summed E-state index contributed by atoms with van der Waals surface area (Å²) < 4.78 is 1.69. The van der Waals surface area contributed by atoms with Gasteiger partial charge in [-0.15, -0.1) is 11.3 Å². The topological polar surface area (TPSA) is 89.8 Å². The molecule has 1 N–H and O–H groups in total. The Hall–Kier alpha value is -3.04. The molecule has 0 radical (unpaired) electrons. The lowest BCUT2D eigenvalue weighted by atomic mass is 9.97. The van der Waals surface area contributed by atoms with Crippen molar-refractivity contribution in [3.63, 3.8) is 0 Å². The number of aromatic nitrogens is 4. The second-order valence-electron chi connectivity index (χ2n) is 8.54. The van der Waals surface area contributed by atoms with Crippen molar-refractivity contribution >= 4 is 45.2 Å². The summed E-state index contributed by atoms with van der Waals surface area (Å²) in [5.41, 5.74) is 3.94. The molecule has 9 heteroatoms. The van der Waals surface area contributed by atoms with Gasteiger partial charge in [-0.05, 0) is 75.3 Å². The normalized spacial score (nSPS) is 14.1. The summed E-state index contributed by atoms with van der Waals surface area (Å²) in [6, 6.07) is 7.75. The van der Waals surface area contributed by atoms with Crippen LogP contribution in [0.3, 0.4) is 0 Å². The van der Waals surface area contributed by atoms with Crippen LogP contribution in [0.4, 0.5) is 5.95 Å². The third-order valence-corrected chi connectivity index (χ3v) is 8.25. The van der Waals surface area contributed by atoms with Gasteiger partial charge in [0.2, 0.25) is 11.9 Å². The first-order chi connectivity index (χ1) is 16.4. The summed E-state index contributed by atoms with van der Waals surface area (Å²) in [6.45, 7) is 5.80. The summed E-state index contributed by atoms with van der Waals surface area (Å²) in [4.78, 5) is 42.0. The van der Waals surface area contributed by atoms with E-state index in [-0.39, 0.29) is 17.4 Å². The number of hydrogen-bond donors (Lipinski definition) is 1. The van der Waals surface area contributed by atoms with E-state index in [0.717, 1.165) is 58.3 Å². The number of thiophene rings is 1. The van der Waals surface area contributed by atoms with Crippen molar-refractivity contribution in [3.05, 3.63) is 68.6 Å². The van der Waals surface area contributed by atoms with Crippen LogP contribution in [0.25, 0.3) is 15.9 Å². The van der Waals surface area contributed by atoms with Crippen LogP contribution in [0.15, 0.2) is 46.6 Å². The number of aryl methyl sites for hydroxylation is 4. The fraction of sp³-hybridized carbons (Fsp3) is 0.320. The average molecular weight is 492 g/mol. The lowest BCUT2D eigenvalue weighted by molar-refractivity contribution is -0.115. The molecule has 0 saturated heterocycles. The summed E-state index contributed by atoms with van der Waals surface area (Å²) in [5, 5.41) is 3.48. The Morgan fingerprint density at radius 2 is 1.94 bits per heavy atom. The Morgan fingerprint density at radius 1 is 1.18 bits per heavy atom. The van der Waals surface area contributed by atoms with Crippen LogP contribution in [0.5, 0.6) is 0 Å². The number of benzene rings is 1. The number of hydrogen-bond acceptors (Lipinski definition) is 7. The van der Waals surface area contributed by atoms with Crippen molar-refractivity contribution < 1.29 is 4.79 Å². The maximum Gasteiger partial charge on any atom is 0.267 e. The fourth-order valence-corrected chi connectivity index (χ4v) is 6.45. The van der Waals surface area contributed by atoms with Gasteiger partial charge in [0.15, 0.2) is 5.16 Å². The van der Waals surface area contributed by atoms with E-state index < -0.39 is 5.25 Å². The van der Waals surface area contributed by atoms with Crippen molar-refractivity contribution in [1.82, 2.24) is 19.5 Å². The van der Waals surface area contributed by atoms with Gasteiger partial charge >= 0.3 is 0 Å². The van der Waals surface area contributed by atoms with E-state index in [9.17, 15) is 9.59 Å². The van der Waals surface area contributed by atoms with Gasteiger partial charge in [0.05, 0.1) is 16.3 Å². The van der Waals surface area contributed by atoms with Gasteiger partial charge in [0.25, 0.3) is 5.56 Å². The maximum atomic E-state index is 14.0. The Morgan fingerprint density at radius 3 is 2.74 bits per heavy atom. The zero-order valence-electron chi connectivity index (χ0n) is 19.3. The Labute approximate surface area is 205 Å². The first kappa shape index (κ1) is 22.7. The number of nitrogens with one attached hydrogen (secondary N) is 1. The largest absolute Gasteiger partial charge is 0.294 e. The molecule has 1 unspecified atom stereocenters. The molecular formula is C25H25N5O2S2. The van der Waals surface area contributed by atoms with E-state index >= 15 is 0 Å². The minimum atomic E-state index is -0.515. The van der Waals surface area contributed by atoms with Gasteiger partial charge in [-0.2, -0.15) is 0 Å². The highest BCUT2D eigenvalue weighted by Crippen LogP contribution is 2.36. The number of anilines is 1. The maximum absolute atomic E-state index is 14.0. The zero-order chi connectivity index (χ0) is 23.8. The number of fused-ring (bicyclic) bond motifs is 3. The molecule has 1 aromatic carbocycles. The molecule has 0 bridgehead atoms. The van der Waals surface area contributed by atoms with E-state index in [1.54, 1.807) is 41.3 Å². The van der Waals surface area contributed by atoms with Crippen LogP contribution in [0.1, 0.15) is 41.3 Å². The second kappa shape index (κ2) is 9.31. The van der Waals surface area contributed by atoms with Crippen LogP contribution in [0.2, 0.25) is 0 Å². The highest BCUT2D eigenvalue weighted by atomic mass is 32.2. The van der Waals surface area contributed by atoms with Gasteiger partial charge < -0.3 is 0 Å². The molecule has 174 valence electrons. The van der Waals surface area contributed by atoms with Crippen LogP contribution < -0.4 is 10.9 Å². The Kier molecular flexibility index (Phi) is 6.22. The van der Waals surface area contributed by atoms with Gasteiger partial charge in [-0.25, -0.2) is 15.0 Å². The number of carbonyl (C=O) groups is 1. The Bertz CT molecular complexity index is 1450. The minimum absolute atomic E-state index is 0.0559. The lowest BCUT2D eigenvalue weighted by Gasteiger charge is -2.17. The standard InChI is InChI=1S/C25H25N5O2S2/c1-14-9-10-15(2)18(13-14)30-23(32)20-17-7-4-5-8-19(17)34-22(20)29-25(30)33-16(3)21(31)28-24-26-11-6-12-27-24/h6,9-13,16H,4-5,7-8H2,1-3H3,(H,26,27,28,31). The molecule has 1 aliphatic carbocycles. The molecule has 5 rings (SSSR count). The Balaban J connectivity index is 1.62. The quantitative estimate of drug-likeness (QED) is 0.317. The number of rotatable bonds is 5.